The third-order valence-electron chi connectivity index (χ3n) is 4.19. The van der Waals surface area contributed by atoms with Crippen molar-refractivity contribution in [3.8, 4) is 0 Å². The summed E-state index contributed by atoms with van der Waals surface area (Å²) in [6.07, 6.45) is 0.593. The molecule has 0 spiro atoms. The van der Waals surface area contributed by atoms with Gasteiger partial charge in [0.05, 0.1) is 18.0 Å². The van der Waals surface area contributed by atoms with Crippen LogP contribution in [-0.2, 0) is 11.2 Å². The molecular formula is C17H23N3O3S. The maximum atomic E-state index is 12.8. The van der Waals surface area contributed by atoms with Gasteiger partial charge in [0.15, 0.2) is 6.10 Å². The van der Waals surface area contributed by atoms with Gasteiger partial charge in [0.25, 0.3) is 5.91 Å². The number of carbonyl (C=O) groups excluding carboxylic acids is 1. The summed E-state index contributed by atoms with van der Waals surface area (Å²) >= 11 is 1.56. The average Bonchev–Trinajstić information content (AvgIpc) is 3.21. The molecule has 3 rings (SSSR count). The lowest BCUT2D eigenvalue weighted by Crippen LogP contribution is -2.42. The molecule has 1 fully saturated rings. The predicted octanol–water partition coefficient (Wildman–Crippen LogP) is 3.34. The quantitative estimate of drug-likeness (QED) is 0.847. The first-order valence-electron chi connectivity index (χ1n) is 8.33. The number of rotatable bonds is 4. The van der Waals surface area contributed by atoms with Crippen molar-refractivity contribution >= 4 is 17.2 Å². The van der Waals surface area contributed by atoms with Crippen molar-refractivity contribution in [1.29, 1.82) is 0 Å². The minimum Gasteiger partial charge on any atom is -0.422 e. The SMILES string of the molecule is CCc1cc(C(=O)N2CCOC(c3nnc(C(C)C)o3)C2)sc1C. The smallest absolute Gasteiger partial charge is 0.264 e. The van der Waals surface area contributed by atoms with E-state index in [4.69, 9.17) is 9.15 Å². The molecule has 0 aromatic carbocycles. The minimum atomic E-state index is -0.352. The molecule has 2 aromatic rings. The minimum absolute atomic E-state index is 0.0553. The molecule has 2 aromatic heterocycles. The highest BCUT2D eigenvalue weighted by molar-refractivity contribution is 7.14. The summed E-state index contributed by atoms with van der Waals surface area (Å²) in [7, 11) is 0. The molecule has 1 saturated heterocycles. The first kappa shape index (κ1) is 17.1. The van der Waals surface area contributed by atoms with Gasteiger partial charge in [-0.25, -0.2) is 0 Å². The van der Waals surface area contributed by atoms with Gasteiger partial charge < -0.3 is 14.1 Å². The molecule has 1 aliphatic rings. The number of thiophene rings is 1. The fraction of sp³-hybridized carbons (Fsp3) is 0.588. The van der Waals surface area contributed by atoms with Crippen LogP contribution in [0.25, 0.3) is 0 Å². The van der Waals surface area contributed by atoms with E-state index in [0.29, 0.717) is 31.5 Å². The second kappa shape index (κ2) is 7.03. The summed E-state index contributed by atoms with van der Waals surface area (Å²) in [5.41, 5.74) is 1.24. The number of aryl methyl sites for hydroxylation is 2. The van der Waals surface area contributed by atoms with Gasteiger partial charge in [-0.2, -0.15) is 0 Å². The molecule has 0 aliphatic carbocycles. The van der Waals surface area contributed by atoms with Crippen LogP contribution >= 0.6 is 11.3 Å². The van der Waals surface area contributed by atoms with Gasteiger partial charge in [-0.05, 0) is 25.0 Å². The maximum Gasteiger partial charge on any atom is 0.264 e. The van der Waals surface area contributed by atoms with Crippen molar-refractivity contribution < 1.29 is 13.9 Å². The van der Waals surface area contributed by atoms with E-state index in [0.717, 1.165) is 11.3 Å². The van der Waals surface area contributed by atoms with E-state index in [1.165, 1.54) is 10.4 Å². The van der Waals surface area contributed by atoms with E-state index in [1.54, 1.807) is 11.3 Å². The molecule has 0 N–H and O–H groups in total. The van der Waals surface area contributed by atoms with Crippen LogP contribution in [0.15, 0.2) is 10.5 Å². The van der Waals surface area contributed by atoms with Crippen LogP contribution < -0.4 is 0 Å². The van der Waals surface area contributed by atoms with Crippen molar-refractivity contribution in [2.45, 2.75) is 46.1 Å². The molecule has 0 radical (unpaired) electrons. The van der Waals surface area contributed by atoms with Crippen LogP contribution in [0.2, 0.25) is 0 Å². The summed E-state index contributed by atoms with van der Waals surface area (Å²) in [6.45, 7) is 9.67. The Bertz CT molecular complexity index is 722. The van der Waals surface area contributed by atoms with E-state index in [9.17, 15) is 4.79 Å². The lowest BCUT2D eigenvalue weighted by Gasteiger charge is -2.31. The summed E-state index contributed by atoms with van der Waals surface area (Å²) in [5.74, 6) is 1.28. The second-order valence-corrected chi connectivity index (χ2v) is 7.55. The Kier molecular flexibility index (Phi) is 5.01. The number of ether oxygens (including phenoxy) is 1. The summed E-state index contributed by atoms with van der Waals surface area (Å²) in [5, 5.41) is 8.13. The Hall–Kier alpha value is -1.73. The highest BCUT2D eigenvalue weighted by Crippen LogP contribution is 2.27. The number of hydrogen-bond acceptors (Lipinski definition) is 6. The van der Waals surface area contributed by atoms with Crippen LogP contribution in [0.1, 0.15) is 64.7 Å². The molecule has 3 heterocycles. The van der Waals surface area contributed by atoms with E-state index in [2.05, 4.69) is 24.0 Å². The van der Waals surface area contributed by atoms with Crippen LogP contribution in [0.5, 0.6) is 0 Å². The zero-order chi connectivity index (χ0) is 17.3. The third kappa shape index (κ3) is 3.37. The van der Waals surface area contributed by atoms with Crippen LogP contribution in [0, 0.1) is 6.92 Å². The van der Waals surface area contributed by atoms with Crippen LogP contribution in [-0.4, -0.2) is 40.7 Å². The van der Waals surface area contributed by atoms with E-state index in [-0.39, 0.29) is 17.9 Å². The fourth-order valence-electron chi connectivity index (χ4n) is 2.73. The molecule has 1 unspecified atom stereocenters. The van der Waals surface area contributed by atoms with Gasteiger partial charge in [0, 0.05) is 17.3 Å². The first-order valence-corrected chi connectivity index (χ1v) is 9.14. The zero-order valence-electron chi connectivity index (χ0n) is 14.5. The summed E-state index contributed by atoms with van der Waals surface area (Å²) < 4.78 is 11.4. The van der Waals surface area contributed by atoms with E-state index in [1.807, 2.05) is 24.8 Å². The second-order valence-electron chi connectivity index (χ2n) is 6.29. The first-order chi connectivity index (χ1) is 11.5. The number of nitrogens with zero attached hydrogens (tertiary/aromatic N) is 3. The Morgan fingerprint density at radius 2 is 2.25 bits per heavy atom. The van der Waals surface area contributed by atoms with E-state index < -0.39 is 0 Å². The lowest BCUT2D eigenvalue weighted by molar-refractivity contribution is -0.0349. The molecule has 0 saturated carbocycles. The largest absolute Gasteiger partial charge is 0.422 e. The number of aromatic nitrogens is 2. The lowest BCUT2D eigenvalue weighted by atomic mass is 10.2. The van der Waals surface area contributed by atoms with Gasteiger partial charge in [-0.1, -0.05) is 20.8 Å². The average molecular weight is 349 g/mol. The molecule has 6 nitrogen and oxygen atoms in total. The predicted molar refractivity (Wildman–Crippen MR) is 91.4 cm³/mol. The molecule has 1 aliphatic heterocycles. The number of morpholine rings is 1. The number of hydrogen-bond donors (Lipinski definition) is 0. The Balaban J connectivity index is 1.73. The number of amides is 1. The molecule has 1 atom stereocenters. The van der Waals surface area contributed by atoms with Gasteiger partial charge >= 0.3 is 0 Å². The van der Waals surface area contributed by atoms with Gasteiger partial charge in [-0.3, -0.25) is 4.79 Å². The highest BCUT2D eigenvalue weighted by atomic mass is 32.1. The molecule has 0 bridgehead atoms. The maximum absolute atomic E-state index is 12.8. The fourth-order valence-corrected chi connectivity index (χ4v) is 3.81. The van der Waals surface area contributed by atoms with Gasteiger partial charge in [-0.15, -0.1) is 21.5 Å². The Morgan fingerprint density at radius 1 is 1.46 bits per heavy atom. The topological polar surface area (TPSA) is 68.5 Å². The Labute approximate surface area is 145 Å². The van der Waals surface area contributed by atoms with Crippen molar-refractivity contribution in [2.75, 3.05) is 19.7 Å². The summed E-state index contributed by atoms with van der Waals surface area (Å²) in [4.78, 5) is 16.6. The Morgan fingerprint density at radius 3 is 2.88 bits per heavy atom. The molecule has 130 valence electrons. The molecule has 7 heteroatoms. The van der Waals surface area contributed by atoms with Crippen molar-refractivity contribution in [3.05, 3.63) is 33.2 Å². The normalized spacial score (nSPS) is 18.4. The van der Waals surface area contributed by atoms with Crippen molar-refractivity contribution in [2.24, 2.45) is 0 Å². The van der Waals surface area contributed by atoms with E-state index >= 15 is 0 Å². The van der Waals surface area contributed by atoms with Crippen molar-refractivity contribution in [3.63, 3.8) is 0 Å². The van der Waals surface area contributed by atoms with Gasteiger partial charge in [0.1, 0.15) is 0 Å². The van der Waals surface area contributed by atoms with Crippen LogP contribution in [0.3, 0.4) is 0 Å². The standard InChI is InChI=1S/C17H23N3O3S/c1-5-12-8-14(24-11(12)4)17(21)20-6-7-22-13(9-20)16-19-18-15(23-16)10(2)3/h8,10,13H,5-7,9H2,1-4H3. The van der Waals surface area contributed by atoms with Crippen LogP contribution in [0.4, 0.5) is 0 Å². The monoisotopic (exact) mass is 349 g/mol. The van der Waals surface area contributed by atoms with Crippen molar-refractivity contribution in [1.82, 2.24) is 15.1 Å². The molecular weight excluding hydrogens is 326 g/mol. The third-order valence-corrected chi connectivity index (χ3v) is 5.27. The van der Waals surface area contributed by atoms with Gasteiger partial charge in [0.2, 0.25) is 11.8 Å². The zero-order valence-corrected chi connectivity index (χ0v) is 15.4. The molecule has 24 heavy (non-hydrogen) atoms. The number of carbonyl (C=O) groups is 1. The highest BCUT2D eigenvalue weighted by Gasteiger charge is 2.30. The summed E-state index contributed by atoms with van der Waals surface area (Å²) in [6, 6.07) is 2.01. The molecule has 1 amide bonds.